The molecule has 7 heteroatoms. The fourth-order valence-corrected chi connectivity index (χ4v) is 4.17. The molecule has 3 aromatic rings. The fraction of sp³-hybridized carbons (Fsp3) is 0.318. The number of H-pyrrole nitrogens is 1. The van der Waals surface area contributed by atoms with Crippen molar-refractivity contribution < 1.29 is 14.3 Å². The van der Waals surface area contributed by atoms with Crippen molar-refractivity contribution >= 4 is 22.5 Å². The Morgan fingerprint density at radius 1 is 1.28 bits per heavy atom. The van der Waals surface area contributed by atoms with Gasteiger partial charge in [-0.3, -0.25) is 14.6 Å². The molecule has 2 heterocycles. The Kier molecular flexibility index (Phi) is 4.82. The van der Waals surface area contributed by atoms with Gasteiger partial charge in [0.1, 0.15) is 17.1 Å². The largest absolute Gasteiger partial charge is 0.508 e. The minimum atomic E-state index is -0.750. The lowest BCUT2D eigenvalue weighted by Gasteiger charge is -2.34. The number of carbonyl (C=O) groups excluding carboxylic acids is 1. The maximum absolute atomic E-state index is 14.8. The van der Waals surface area contributed by atoms with Crippen molar-refractivity contribution in [3.63, 3.8) is 0 Å². The van der Waals surface area contributed by atoms with Crippen LogP contribution in [0.5, 0.6) is 5.75 Å². The van der Waals surface area contributed by atoms with E-state index in [0.717, 1.165) is 32.1 Å². The normalized spacial score (nSPS) is 15.9. The van der Waals surface area contributed by atoms with Crippen molar-refractivity contribution in [2.75, 3.05) is 5.32 Å². The van der Waals surface area contributed by atoms with E-state index >= 15 is 0 Å². The second-order valence-corrected chi connectivity index (χ2v) is 7.88. The number of hydrogen-bond donors (Lipinski definition) is 3. The number of halogens is 1. The molecule has 1 fully saturated rings. The van der Waals surface area contributed by atoms with E-state index in [9.17, 15) is 19.1 Å². The highest BCUT2D eigenvalue weighted by Crippen LogP contribution is 2.44. The number of aromatic amines is 1. The zero-order valence-corrected chi connectivity index (χ0v) is 16.1. The predicted molar refractivity (Wildman–Crippen MR) is 109 cm³/mol. The summed E-state index contributed by atoms with van der Waals surface area (Å²) in [6.45, 7) is 2.03. The quantitative estimate of drug-likeness (QED) is 0.618. The third kappa shape index (κ3) is 3.48. The summed E-state index contributed by atoms with van der Waals surface area (Å²) < 4.78 is 14.8. The standard InChI is InChI=1S/C22H22FN3O3/c1-22(6-3-2-4-7-22)15-9-16(23)17(10-19(15)27)26-21(29)14-11-25-18-12-24-8-5-13(18)20(14)28/h5,8-12,27H,2-4,6-7H2,1H3,(H,25,28)(H,26,29). The van der Waals surface area contributed by atoms with Crippen molar-refractivity contribution in [1.29, 1.82) is 0 Å². The average Bonchev–Trinajstić information content (AvgIpc) is 2.71. The van der Waals surface area contributed by atoms with Gasteiger partial charge in [0.25, 0.3) is 5.91 Å². The Morgan fingerprint density at radius 2 is 2.03 bits per heavy atom. The highest BCUT2D eigenvalue weighted by atomic mass is 19.1. The number of amides is 1. The molecule has 0 atom stereocenters. The number of nitrogens with zero attached hydrogens (tertiary/aromatic N) is 1. The molecule has 6 nitrogen and oxygen atoms in total. The van der Waals surface area contributed by atoms with Gasteiger partial charge >= 0.3 is 0 Å². The number of anilines is 1. The van der Waals surface area contributed by atoms with E-state index in [-0.39, 0.29) is 22.4 Å². The minimum absolute atomic E-state index is 0.0513. The van der Waals surface area contributed by atoms with Crippen LogP contribution in [0.4, 0.5) is 10.1 Å². The van der Waals surface area contributed by atoms with Crippen molar-refractivity contribution in [1.82, 2.24) is 9.97 Å². The fourth-order valence-electron chi connectivity index (χ4n) is 4.17. The SMILES string of the molecule is CC1(c2cc(F)c(NC(=O)c3c[nH]c4cnccc4c3=O)cc2O)CCCCC1. The highest BCUT2D eigenvalue weighted by molar-refractivity contribution is 6.05. The molecule has 0 radical (unpaired) electrons. The Hall–Kier alpha value is -3.22. The van der Waals surface area contributed by atoms with E-state index in [0.29, 0.717) is 16.5 Å². The minimum Gasteiger partial charge on any atom is -0.508 e. The van der Waals surface area contributed by atoms with Gasteiger partial charge in [0.2, 0.25) is 5.43 Å². The second-order valence-electron chi connectivity index (χ2n) is 7.88. The summed E-state index contributed by atoms with van der Waals surface area (Å²) in [5, 5.41) is 13.2. The topological polar surface area (TPSA) is 95.1 Å². The number of phenolic OH excluding ortho intramolecular Hbond substituents is 1. The molecule has 2 aromatic heterocycles. The van der Waals surface area contributed by atoms with Crippen LogP contribution in [0.1, 0.15) is 54.9 Å². The molecule has 1 aromatic carbocycles. The highest BCUT2D eigenvalue weighted by Gasteiger charge is 2.32. The second kappa shape index (κ2) is 7.31. The molecule has 0 spiro atoms. The summed E-state index contributed by atoms with van der Waals surface area (Å²) in [6, 6.07) is 4.03. The smallest absolute Gasteiger partial charge is 0.261 e. The molecule has 3 N–H and O–H groups in total. The van der Waals surface area contributed by atoms with Crippen molar-refractivity contribution in [2.45, 2.75) is 44.4 Å². The molecule has 150 valence electrons. The van der Waals surface area contributed by atoms with Gasteiger partial charge in [-0.1, -0.05) is 26.2 Å². The summed E-state index contributed by atoms with van der Waals surface area (Å²) >= 11 is 0. The lowest BCUT2D eigenvalue weighted by atomic mass is 9.70. The predicted octanol–water partition coefficient (Wildman–Crippen LogP) is 4.24. The number of hydrogen-bond acceptors (Lipinski definition) is 4. The number of pyridine rings is 2. The number of aromatic hydroxyl groups is 1. The summed E-state index contributed by atoms with van der Waals surface area (Å²) in [7, 11) is 0. The molecule has 4 rings (SSSR count). The number of nitrogens with one attached hydrogen (secondary N) is 2. The van der Waals surface area contributed by atoms with Crippen LogP contribution in [0.2, 0.25) is 0 Å². The maximum atomic E-state index is 14.8. The number of phenols is 1. The molecule has 0 aliphatic heterocycles. The van der Waals surface area contributed by atoms with Crippen molar-refractivity contribution in [3.05, 3.63) is 64.0 Å². The van der Waals surface area contributed by atoms with Crippen LogP contribution in [0.25, 0.3) is 10.9 Å². The number of aromatic nitrogens is 2. The number of rotatable bonds is 3. The van der Waals surface area contributed by atoms with Gasteiger partial charge in [-0.25, -0.2) is 4.39 Å². The van der Waals surface area contributed by atoms with Gasteiger partial charge in [-0.15, -0.1) is 0 Å². The van der Waals surface area contributed by atoms with Crippen molar-refractivity contribution in [2.24, 2.45) is 0 Å². The zero-order chi connectivity index (χ0) is 20.6. The Bertz CT molecular complexity index is 1150. The van der Waals surface area contributed by atoms with Crippen LogP contribution in [0.3, 0.4) is 0 Å². The zero-order valence-electron chi connectivity index (χ0n) is 16.1. The van der Waals surface area contributed by atoms with Crippen LogP contribution < -0.4 is 10.7 Å². The molecule has 1 aliphatic rings. The van der Waals surface area contributed by atoms with Gasteiger partial charge in [0.05, 0.1) is 17.4 Å². The van der Waals surface area contributed by atoms with E-state index in [1.807, 2.05) is 6.92 Å². The summed E-state index contributed by atoms with van der Waals surface area (Å²) in [4.78, 5) is 31.9. The van der Waals surface area contributed by atoms with Crippen molar-refractivity contribution in [3.8, 4) is 5.75 Å². The number of carbonyl (C=O) groups is 1. The molecule has 1 saturated carbocycles. The van der Waals surface area contributed by atoms with E-state index in [4.69, 9.17) is 0 Å². The molecule has 29 heavy (non-hydrogen) atoms. The molecular weight excluding hydrogens is 373 g/mol. The monoisotopic (exact) mass is 395 g/mol. The van der Waals surface area contributed by atoms with Gasteiger partial charge in [-0.05, 0) is 30.4 Å². The molecule has 1 aliphatic carbocycles. The van der Waals surface area contributed by atoms with Gasteiger partial charge in [0.15, 0.2) is 0 Å². The van der Waals surface area contributed by atoms with E-state index < -0.39 is 17.2 Å². The summed E-state index contributed by atoms with van der Waals surface area (Å²) in [6.07, 6.45) is 9.20. The molecule has 0 bridgehead atoms. The van der Waals surface area contributed by atoms with Crippen LogP contribution in [0, 0.1) is 5.82 Å². The first-order valence-electron chi connectivity index (χ1n) is 9.69. The molecule has 1 amide bonds. The first-order chi connectivity index (χ1) is 13.9. The van der Waals surface area contributed by atoms with Crippen LogP contribution in [0.15, 0.2) is 41.6 Å². The van der Waals surface area contributed by atoms with Crippen LogP contribution in [-0.4, -0.2) is 21.0 Å². The van der Waals surface area contributed by atoms with E-state index in [2.05, 4.69) is 15.3 Å². The first kappa shape index (κ1) is 19.1. The maximum Gasteiger partial charge on any atom is 0.261 e. The lowest BCUT2D eigenvalue weighted by molar-refractivity contribution is 0.102. The molecular formula is C22H22FN3O3. The Labute approximate surface area is 166 Å². The van der Waals surface area contributed by atoms with Crippen LogP contribution in [-0.2, 0) is 5.41 Å². The molecule has 0 saturated heterocycles. The third-order valence-electron chi connectivity index (χ3n) is 5.87. The first-order valence-corrected chi connectivity index (χ1v) is 9.69. The van der Waals surface area contributed by atoms with Gasteiger partial charge in [0, 0.05) is 29.4 Å². The average molecular weight is 395 g/mol. The Balaban J connectivity index is 1.65. The van der Waals surface area contributed by atoms with E-state index in [1.54, 1.807) is 0 Å². The van der Waals surface area contributed by atoms with Gasteiger partial charge < -0.3 is 15.4 Å². The van der Waals surface area contributed by atoms with Crippen LogP contribution >= 0.6 is 0 Å². The third-order valence-corrected chi connectivity index (χ3v) is 5.87. The number of fused-ring (bicyclic) bond motifs is 1. The van der Waals surface area contributed by atoms with Gasteiger partial charge in [-0.2, -0.15) is 0 Å². The summed E-state index contributed by atoms with van der Waals surface area (Å²) in [5.41, 5.74) is -0.00739. The Morgan fingerprint density at radius 3 is 2.79 bits per heavy atom. The number of benzene rings is 1. The summed E-state index contributed by atoms with van der Waals surface area (Å²) in [5.74, 6) is -1.44. The molecule has 0 unspecified atom stereocenters. The lowest BCUT2D eigenvalue weighted by Crippen LogP contribution is -2.26. The van der Waals surface area contributed by atoms with E-state index in [1.165, 1.54) is 36.8 Å².